The fraction of sp³-hybridized carbons (Fsp3) is 0.167. The van der Waals surface area contributed by atoms with Crippen LogP contribution < -0.4 is 5.32 Å². The Bertz CT molecular complexity index is 867. The summed E-state index contributed by atoms with van der Waals surface area (Å²) >= 11 is 0. The second-order valence-corrected chi connectivity index (χ2v) is 5.86. The normalized spacial score (nSPS) is 19.9. The first kappa shape index (κ1) is 16.8. The van der Waals surface area contributed by atoms with Crippen molar-refractivity contribution in [3.63, 3.8) is 0 Å². The fourth-order valence-electron chi connectivity index (χ4n) is 2.74. The van der Waals surface area contributed by atoms with Gasteiger partial charge in [-0.2, -0.15) is 0 Å². The lowest BCUT2D eigenvalue weighted by molar-refractivity contribution is -0.130. The highest BCUT2D eigenvalue weighted by Crippen LogP contribution is 2.29. The predicted molar refractivity (Wildman–Crippen MR) is 84.7 cm³/mol. The maximum absolute atomic E-state index is 13.7. The van der Waals surface area contributed by atoms with Crippen LogP contribution in [-0.2, 0) is 10.3 Å². The monoisotopic (exact) mass is 344 g/mol. The Kier molecular flexibility index (Phi) is 4.08. The maximum Gasteiger partial charge on any atom is 0.325 e. The molecule has 1 heterocycles. The summed E-state index contributed by atoms with van der Waals surface area (Å²) in [5.74, 6) is -2.55. The first-order chi connectivity index (χ1) is 11.8. The number of rotatable bonds is 4. The van der Waals surface area contributed by atoms with Gasteiger partial charge in [0, 0.05) is 0 Å². The molecule has 3 amide bonds. The van der Waals surface area contributed by atoms with Crippen LogP contribution in [0.15, 0.2) is 48.5 Å². The average molecular weight is 344 g/mol. The number of carbonyl (C=O) groups excluding carboxylic acids is 3. The van der Waals surface area contributed by atoms with Crippen molar-refractivity contribution < 1.29 is 23.2 Å². The molecule has 1 N–H and O–H groups in total. The van der Waals surface area contributed by atoms with E-state index in [0.29, 0.717) is 5.56 Å². The fourth-order valence-corrected chi connectivity index (χ4v) is 2.74. The van der Waals surface area contributed by atoms with E-state index in [0.717, 1.165) is 11.0 Å². The number of amides is 3. The van der Waals surface area contributed by atoms with Gasteiger partial charge in [-0.05, 0) is 36.8 Å². The summed E-state index contributed by atoms with van der Waals surface area (Å²) in [5.41, 5.74) is -1.23. The Hall–Kier alpha value is -3.09. The summed E-state index contributed by atoms with van der Waals surface area (Å²) in [4.78, 5) is 37.8. The number of urea groups is 1. The van der Waals surface area contributed by atoms with Crippen LogP contribution in [0, 0.1) is 11.6 Å². The summed E-state index contributed by atoms with van der Waals surface area (Å²) in [6.07, 6.45) is 0. The molecule has 1 saturated heterocycles. The second kappa shape index (κ2) is 6.08. The lowest BCUT2D eigenvalue weighted by Crippen LogP contribution is -2.41. The van der Waals surface area contributed by atoms with Crippen LogP contribution in [-0.4, -0.2) is 29.2 Å². The molecule has 2 aromatic rings. The number of benzene rings is 2. The molecule has 1 aliphatic rings. The quantitative estimate of drug-likeness (QED) is 0.685. The molecule has 0 bridgehead atoms. The van der Waals surface area contributed by atoms with Gasteiger partial charge in [-0.3, -0.25) is 14.5 Å². The van der Waals surface area contributed by atoms with Crippen LogP contribution in [0.1, 0.15) is 22.8 Å². The number of ketones is 1. The SMILES string of the molecule is C[C@]1(c2ccc(F)cc2)NC(=O)N(CC(=O)c2ccccc2F)C1=O. The van der Waals surface area contributed by atoms with Gasteiger partial charge < -0.3 is 5.32 Å². The zero-order valence-electron chi connectivity index (χ0n) is 13.3. The van der Waals surface area contributed by atoms with E-state index in [9.17, 15) is 23.2 Å². The highest BCUT2D eigenvalue weighted by Gasteiger charge is 2.49. The first-order valence-electron chi connectivity index (χ1n) is 7.51. The molecule has 3 rings (SSSR count). The van der Waals surface area contributed by atoms with Crippen LogP contribution in [0.2, 0.25) is 0 Å². The minimum absolute atomic E-state index is 0.196. The van der Waals surface area contributed by atoms with Crippen molar-refractivity contribution in [2.75, 3.05) is 6.54 Å². The van der Waals surface area contributed by atoms with Gasteiger partial charge in [0.2, 0.25) is 0 Å². The van der Waals surface area contributed by atoms with Gasteiger partial charge in [-0.25, -0.2) is 13.6 Å². The van der Waals surface area contributed by atoms with E-state index >= 15 is 0 Å². The number of carbonyl (C=O) groups is 3. The molecule has 0 radical (unpaired) electrons. The van der Waals surface area contributed by atoms with E-state index < -0.39 is 41.4 Å². The molecule has 128 valence electrons. The van der Waals surface area contributed by atoms with E-state index in [-0.39, 0.29) is 5.56 Å². The van der Waals surface area contributed by atoms with Gasteiger partial charge in [0.25, 0.3) is 5.91 Å². The van der Waals surface area contributed by atoms with Crippen LogP contribution in [0.3, 0.4) is 0 Å². The molecule has 0 aromatic heterocycles. The molecular weight excluding hydrogens is 330 g/mol. The molecule has 0 saturated carbocycles. The molecule has 0 unspecified atom stereocenters. The minimum atomic E-state index is -1.42. The second-order valence-electron chi connectivity index (χ2n) is 5.86. The molecule has 1 fully saturated rings. The van der Waals surface area contributed by atoms with Gasteiger partial charge >= 0.3 is 6.03 Å². The maximum atomic E-state index is 13.7. The van der Waals surface area contributed by atoms with Gasteiger partial charge in [-0.1, -0.05) is 24.3 Å². The zero-order chi connectivity index (χ0) is 18.2. The van der Waals surface area contributed by atoms with Crippen LogP contribution in [0.4, 0.5) is 13.6 Å². The summed E-state index contributed by atoms with van der Waals surface area (Å²) in [6.45, 7) is 0.885. The average Bonchev–Trinajstić information content (AvgIpc) is 2.80. The molecule has 0 spiro atoms. The lowest BCUT2D eigenvalue weighted by Gasteiger charge is -2.22. The Balaban J connectivity index is 1.85. The number of halogens is 2. The van der Waals surface area contributed by atoms with Crippen molar-refractivity contribution in [1.29, 1.82) is 0 Å². The topological polar surface area (TPSA) is 66.5 Å². The van der Waals surface area contributed by atoms with Gasteiger partial charge in [0.15, 0.2) is 5.78 Å². The third-order valence-corrected chi connectivity index (χ3v) is 4.17. The number of imide groups is 1. The summed E-state index contributed by atoms with van der Waals surface area (Å²) in [6, 6.07) is 9.69. The third-order valence-electron chi connectivity index (χ3n) is 4.17. The van der Waals surface area contributed by atoms with Crippen molar-refractivity contribution in [3.8, 4) is 0 Å². The van der Waals surface area contributed by atoms with Gasteiger partial charge in [0.05, 0.1) is 12.1 Å². The van der Waals surface area contributed by atoms with Crippen molar-refractivity contribution in [2.45, 2.75) is 12.5 Å². The molecular formula is C18H14F2N2O3. The largest absolute Gasteiger partial charge is 0.325 e. The van der Waals surface area contributed by atoms with E-state index in [1.165, 1.54) is 49.4 Å². The van der Waals surface area contributed by atoms with E-state index in [2.05, 4.69) is 5.32 Å². The van der Waals surface area contributed by atoms with E-state index in [1.54, 1.807) is 0 Å². The molecule has 7 heteroatoms. The zero-order valence-corrected chi connectivity index (χ0v) is 13.3. The molecule has 25 heavy (non-hydrogen) atoms. The van der Waals surface area contributed by atoms with E-state index in [1.807, 2.05) is 0 Å². The summed E-state index contributed by atoms with van der Waals surface area (Å²) in [5, 5.41) is 2.51. The number of nitrogens with one attached hydrogen (secondary N) is 1. The van der Waals surface area contributed by atoms with Crippen LogP contribution >= 0.6 is 0 Å². The number of hydrogen-bond acceptors (Lipinski definition) is 3. The molecule has 5 nitrogen and oxygen atoms in total. The van der Waals surface area contributed by atoms with Crippen LogP contribution in [0.5, 0.6) is 0 Å². The number of hydrogen-bond donors (Lipinski definition) is 1. The summed E-state index contributed by atoms with van der Waals surface area (Å²) < 4.78 is 26.8. The standard InChI is InChI=1S/C18H14F2N2O3/c1-18(11-6-8-12(19)9-7-11)16(24)22(17(25)21-18)10-15(23)13-4-2-3-5-14(13)20/h2-9H,10H2,1H3,(H,21,25)/t18-/m1/s1. The van der Waals surface area contributed by atoms with Crippen molar-refractivity contribution in [3.05, 3.63) is 71.3 Å². The Morgan fingerprint density at radius 2 is 1.72 bits per heavy atom. The highest BCUT2D eigenvalue weighted by atomic mass is 19.1. The first-order valence-corrected chi connectivity index (χ1v) is 7.51. The Labute approximate surface area is 142 Å². The molecule has 2 aromatic carbocycles. The third kappa shape index (κ3) is 2.88. The smallest absolute Gasteiger partial charge is 0.319 e. The Morgan fingerprint density at radius 1 is 1.08 bits per heavy atom. The van der Waals surface area contributed by atoms with Gasteiger partial charge in [0.1, 0.15) is 17.2 Å². The summed E-state index contributed by atoms with van der Waals surface area (Å²) in [7, 11) is 0. The lowest BCUT2D eigenvalue weighted by atomic mass is 9.92. The number of Topliss-reactive ketones (excluding diaryl/α,β-unsaturated/α-hetero) is 1. The van der Waals surface area contributed by atoms with Crippen molar-refractivity contribution in [2.24, 2.45) is 0 Å². The Morgan fingerprint density at radius 3 is 2.36 bits per heavy atom. The highest BCUT2D eigenvalue weighted by molar-refractivity contribution is 6.11. The van der Waals surface area contributed by atoms with Crippen molar-refractivity contribution in [1.82, 2.24) is 10.2 Å². The van der Waals surface area contributed by atoms with Crippen molar-refractivity contribution >= 4 is 17.7 Å². The van der Waals surface area contributed by atoms with Gasteiger partial charge in [-0.15, -0.1) is 0 Å². The van der Waals surface area contributed by atoms with Crippen LogP contribution in [0.25, 0.3) is 0 Å². The van der Waals surface area contributed by atoms with E-state index in [4.69, 9.17) is 0 Å². The molecule has 0 aliphatic carbocycles. The molecule has 1 aliphatic heterocycles. The minimum Gasteiger partial charge on any atom is -0.319 e. The number of nitrogens with zero attached hydrogens (tertiary/aromatic N) is 1. The predicted octanol–water partition coefficient (Wildman–Crippen LogP) is 2.61. The molecule has 1 atom stereocenters.